The number of ether oxygens (including phenoxy) is 1. The lowest BCUT2D eigenvalue weighted by Crippen LogP contribution is -2.27. The van der Waals surface area contributed by atoms with Gasteiger partial charge in [0.2, 0.25) is 5.43 Å². The molecule has 0 aliphatic rings. The fraction of sp³-hybridized carbons (Fsp3) is 0.150. The number of carbonyl (C=O) groups is 1. The van der Waals surface area contributed by atoms with E-state index in [1.165, 1.54) is 13.2 Å². The summed E-state index contributed by atoms with van der Waals surface area (Å²) in [5.74, 6) is -0.0666. The minimum absolute atomic E-state index is 0.178. The second-order valence-electron chi connectivity index (χ2n) is 5.90. The molecule has 2 aromatic carbocycles. The van der Waals surface area contributed by atoms with Crippen LogP contribution in [0.2, 0.25) is 0 Å². The average molecular weight is 349 g/mol. The first-order valence-corrected chi connectivity index (χ1v) is 8.12. The number of nitrogens with one attached hydrogen (secondary N) is 1. The van der Waals surface area contributed by atoms with Gasteiger partial charge >= 0.3 is 0 Å². The summed E-state index contributed by atoms with van der Waals surface area (Å²) in [6, 6.07) is 16.2. The van der Waals surface area contributed by atoms with Gasteiger partial charge in [0.15, 0.2) is 5.69 Å². The number of carbonyl (C=O) groups excluding carboxylic acids is 1. The van der Waals surface area contributed by atoms with Gasteiger partial charge in [-0.05, 0) is 43.7 Å². The van der Waals surface area contributed by atoms with Gasteiger partial charge in [-0.25, -0.2) is 4.68 Å². The number of aryl methyl sites for hydroxylation is 2. The van der Waals surface area contributed by atoms with Crippen molar-refractivity contribution in [3.8, 4) is 11.4 Å². The third-order valence-corrected chi connectivity index (χ3v) is 3.93. The van der Waals surface area contributed by atoms with E-state index in [4.69, 9.17) is 4.74 Å². The Morgan fingerprint density at radius 2 is 1.81 bits per heavy atom. The summed E-state index contributed by atoms with van der Waals surface area (Å²) < 4.78 is 6.83. The molecule has 6 heteroatoms. The molecule has 1 amide bonds. The Morgan fingerprint density at radius 3 is 2.50 bits per heavy atom. The van der Waals surface area contributed by atoms with Crippen LogP contribution in [0.1, 0.15) is 21.7 Å². The third kappa shape index (κ3) is 3.49. The quantitative estimate of drug-likeness (QED) is 0.785. The Kier molecular flexibility index (Phi) is 4.84. The highest BCUT2D eigenvalue weighted by molar-refractivity contribution is 6.03. The molecule has 1 N–H and O–H groups in total. The Balaban J connectivity index is 2.00. The van der Waals surface area contributed by atoms with Gasteiger partial charge < -0.3 is 10.1 Å². The number of anilines is 1. The minimum Gasteiger partial charge on any atom is -0.495 e. The van der Waals surface area contributed by atoms with Gasteiger partial charge in [-0.2, -0.15) is 5.10 Å². The van der Waals surface area contributed by atoms with Crippen molar-refractivity contribution < 1.29 is 9.53 Å². The van der Waals surface area contributed by atoms with Crippen molar-refractivity contribution in [3.63, 3.8) is 0 Å². The molecule has 0 radical (unpaired) electrons. The molecule has 26 heavy (non-hydrogen) atoms. The van der Waals surface area contributed by atoms with Gasteiger partial charge in [0.1, 0.15) is 5.75 Å². The highest BCUT2D eigenvalue weighted by Crippen LogP contribution is 2.25. The molecule has 0 aliphatic heterocycles. The Bertz CT molecular complexity index is 1010. The number of rotatable bonds is 4. The Labute approximate surface area is 151 Å². The number of para-hydroxylation sites is 1. The van der Waals surface area contributed by atoms with E-state index in [-0.39, 0.29) is 5.69 Å². The predicted octanol–water partition coefficient (Wildman–Crippen LogP) is 3.11. The molecule has 0 spiro atoms. The van der Waals surface area contributed by atoms with Gasteiger partial charge in [0.05, 0.1) is 18.5 Å². The number of amides is 1. The topological polar surface area (TPSA) is 73.2 Å². The normalized spacial score (nSPS) is 10.4. The molecule has 0 bridgehead atoms. The third-order valence-electron chi connectivity index (χ3n) is 3.93. The van der Waals surface area contributed by atoms with Crippen LogP contribution in [0.25, 0.3) is 5.69 Å². The van der Waals surface area contributed by atoms with Crippen molar-refractivity contribution in [2.75, 3.05) is 12.4 Å². The second kappa shape index (κ2) is 7.23. The van der Waals surface area contributed by atoms with Crippen molar-refractivity contribution in [1.82, 2.24) is 9.78 Å². The summed E-state index contributed by atoms with van der Waals surface area (Å²) in [5.41, 5.74) is 2.25. The molecule has 0 saturated heterocycles. The average Bonchev–Trinajstić information content (AvgIpc) is 2.62. The first kappa shape index (κ1) is 17.4. The largest absolute Gasteiger partial charge is 0.495 e. The molecular weight excluding hydrogens is 330 g/mol. The van der Waals surface area contributed by atoms with Crippen LogP contribution in [-0.2, 0) is 0 Å². The van der Waals surface area contributed by atoms with Crippen LogP contribution in [0.15, 0.2) is 59.4 Å². The zero-order valence-electron chi connectivity index (χ0n) is 14.8. The highest BCUT2D eigenvalue weighted by atomic mass is 16.5. The maximum atomic E-state index is 12.7. The van der Waals surface area contributed by atoms with E-state index >= 15 is 0 Å². The summed E-state index contributed by atoms with van der Waals surface area (Å²) in [7, 11) is 1.52. The minimum atomic E-state index is -0.580. The smallest absolute Gasteiger partial charge is 0.280 e. The maximum absolute atomic E-state index is 12.7. The molecular formula is C20H19N3O3. The lowest BCUT2D eigenvalue weighted by Gasteiger charge is -2.13. The van der Waals surface area contributed by atoms with E-state index < -0.39 is 11.3 Å². The monoisotopic (exact) mass is 349 g/mol. The van der Waals surface area contributed by atoms with Gasteiger partial charge in [0.25, 0.3) is 5.91 Å². The van der Waals surface area contributed by atoms with Gasteiger partial charge in [-0.3, -0.25) is 9.59 Å². The number of hydrogen-bond acceptors (Lipinski definition) is 4. The summed E-state index contributed by atoms with van der Waals surface area (Å²) in [6.45, 7) is 3.67. The molecule has 0 fully saturated rings. The molecule has 0 unspecified atom stereocenters. The Morgan fingerprint density at radius 1 is 1.08 bits per heavy atom. The van der Waals surface area contributed by atoms with Crippen LogP contribution in [0, 0.1) is 13.8 Å². The molecule has 6 nitrogen and oxygen atoms in total. The molecule has 132 valence electrons. The fourth-order valence-corrected chi connectivity index (χ4v) is 2.64. The van der Waals surface area contributed by atoms with Gasteiger partial charge in [0, 0.05) is 11.8 Å². The summed E-state index contributed by atoms with van der Waals surface area (Å²) in [5, 5.41) is 6.99. The first-order valence-electron chi connectivity index (χ1n) is 8.12. The van der Waals surface area contributed by atoms with Crippen LogP contribution >= 0.6 is 0 Å². The zero-order valence-corrected chi connectivity index (χ0v) is 14.8. The number of aromatic nitrogens is 2. The van der Waals surface area contributed by atoms with Gasteiger partial charge in [-0.15, -0.1) is 0 Å². The first-order chi connectivity index (χ1) is 12.5. The number of benzene rings is 2. The van der Waals surface area contributed by atoms with Crippen LogP contribution in [0.3, 0.4) is 0 Å². The number of nitrogens with zero attached hydrogens (tertiary/aromatic N) is 2. The highest BCUT2D eigenvalue weighted by Gasteiger charge is 2.17. The SMILES string of the molecule is COc1ccc(C)cc1NC(=O)c1nn(-c2ccccc2)c(C)cc1=O. The van der Waals surface area contributed by atoms with E-state index in [1.54, 1.807) is 23.7 Å². The molecule has 1 aromatic heterocycles. The molecule has 0 atom stereocenters. The van der Waals surface area contributed by atoms with Crippen LogP contribution in [0.4, 0.5) is 5.69 Å². The van der Waals surface area contributed by atoms with E-state index in [0.29, 0.717) is 17.1 Å². The van der Waals surface area contributed by atoms with Gasteiger partial charge in [-0.1, -0.05) is 24.3 Å². The van der Waals surface area contributed by atoms with Crippen LogP contribution < -0.4 is 15.5 Å². The molecule has 0 saturated carbocycles. The van der Waals surface area contributed by atoms with Crippen molar-refractivity contribution in [1.29, 1.82) is 0 Å². The molecule has 0 aliphatic carbocycles. The summed E-state index contributed by atoms with van der Waals surface area (Å²) in [4.78, 5) is 25.0. The van der Waals surface area contributed by atoms with E-state index in [9.17, 15) is 9.59 Å². The summed E-state index contributed by atoms with van der Waals surface area (Å²) in [6.07, 6.45) is 0. The summed E-state index contributed by atoms with van der Waals surface area (Å²) >= 11 is 0. The number of methoxy groups -OCH3 is 1. The lowest BCUT2D eigenvalue weighted by atomic mass is 10.2. The van der Waals surface area contributed by atoms with Crippen molar-refractivity contribution in [2.45, 2.75) is 13.8 Å². The molecule has 3 aromatic rings. The van der Waals surface area contributed by atoms with E-state index in [0.717, 1.165) is 11.3 Å². The second-order valence-corrected chi connectivity index (χ2v) is 5.90. The number of hydrogen-bond donors (Lipinski definition) is 1. The zero-order chi connectivity index (χ0) is 18.7. The molecule has 1 heterocycles. The molecule has 3 rings (SSSR count). The van der Waals surface area contributed by atoms with E-state index in [2.05, 4.69) is 10.4 Å². The van der Waals surface area contributed by atoms with Crippen LogP contribution in [0.5, 0.6) is 5.75 Å². The van der Waals surface area contributed by atoms with Crippen molar-refractivity contribution in [2.24, 2.45) is 0 Å². The Hall–Kier alpha value is -3.41. The maximum Gasteiger partial charge on any atom is 0.280 e. The predicted molar refractivity (Wildman–Crippen MR) is 100 cm³/mol. The fourth-order valence-electron chi connectivity index (χ4n) is 2.64. The standard InChI is InChI=1S/C20H19N3O3/c1-13-9-10-18(26-3)16(11-13)21-20(25)19-17(24)12-14(2)23(22-19)15-7-5-4-6-8-15/h4-12H,1-3H3,(H,21,25). The van der Waals surface area contributed by atoms with Crippen molar-refractivity contribution in [3.05, 3.63) is 81.8 Å². The lowest BCUT2D eigenvalue weighted by molar-refractivity contribution is 0.101. The van der Waals surface area contributed by atoms with Crippen LogP contribution in [-0.4, -0.2) is 22.8 Å². The van der Waals surface area contributed by atoms with E-state index in [1.807, 2.05) is 43.3 Å². The van der Waals surface area contributed by atoms with Crippen molar-refractivity contribution >= 4 is 11.6 Å².